The molecule has 0 bridgehead atoms. The topological polar surface area (TPSA) is 41.9 Å². The maximum atomic E-state index is 10.2. The molecule has 0 saturated carbocycles. The molecular formula is C17H17NO3. The van der Waals surface area contributed by atoms with Crippen molar-refractivity contribution in [2.24, 2.45) is 0 Å². The van der Waals surface area contributed by atoms with E-state index in [4.69, 9.17) is 9.47 Å². The molecule has 1 aliphatic heterocycles. The summed E-state index contributed by atoms with van der Waals surface area (Å²) in [5, 5.41) is 10.2. The van der Waals surface area contributed by atoms with Crippen LogP contribution >= 0.6 is 0 Å². The van der Waals surface area contributed by atoms with Crippen LogP contribution in [0.3, 0.4) is 0 Å². The van der Waals surface area contributed by atoms with Gasteiger partial charge in [0.25, 0.3) is 0 Å². The molecule has 0 spiro atoms. The number of benzene rings is 2. The monoisotopic (exact) mass is 283 g/mol. The Morgan fingerprint density at radius 2 is 1.71 bits per heavy atom. The van der Waals surface area contributed by atoms with Crippen LogP contribution < -0.4 is 14.4 Å². The standard InChI is InChI=1S/C17H17NO3/c1-20-14-5-3-13(4-6-14)18-8-7-12-9-15(21-2)10-17(19)16(12)11-18/h3-10,19H,11H2,1-2H3. The molecule has 1 N–H and O–H groups in total. The van der Waals surface area contributed by atoms with Gasteiger partial charge in [-0.15, -0.1) is 0 Å². The first kappa shape index (κ1) is 13.4. The van der Waals surface area contributed by atoms with Gasteiger partial charge in [0.05, 0.1) is 20.8 Å². The van der Waals surface area contributed by atoms with Crippen molar-refractivity contribution in [1.29, 1.82) is 0 Å². The number of hydrogen-bond acceptors (Lipinski definition) is 4. The number of phenols is 1. The van der Waals surface area contributed by atoms with E-state index in [0.29, 0.717) is 12.3 Å². The average molecular weight is 283 g/mol. The summed E-state index contributed by atoms with van der Waals surface area (Å²) in [6.45, 7) is 0.619. The molecule has 0 radical (unpaired) electrons. The number of anilines is 1. The van der Waals surface area contributed by atoms with Crippen LogP contribution in [0.2, 0.25) is 0 Å². The van der Waals surface area contributed by atoms with Gasteiger partial charge < -0.3 is 19.5 Å². The maximum absolute atomic E-state index is 10.2. The molecule has 0 saturated heterocycles. The highest BCUT2D eigenvalue weighted by atomic mass is 16.5. The highest BCUT2D eigenvalue weighted by Gasteiger charge is 2.17. The fourth-order valence-electron chi connectivity index (χ4n) is 2.44. The van der Waals surface area contributed by atoms with Crippen molar-refractivity contribution in [3.05, 3.63) is 53.7 Å². The van der Waals surface area contributed by atoms with E-state index in [0.717, 1.165) is 22.6 Å². The molecule has 0 fully saturated rings. The number of methoxy groups -OCH3 is 2. The van der Waals surface area contributed by atoms with E-state index in [1.807, 2.05) is 42.6 Å². The Balaban J connectivity index is 1.91. The first-order valence-electron chi connectivity index (χ1n) is 6.70. The minimum Gasteiger partial charge on any atom is -0.507 e. The van der Waals surface area contributed by atoms with Crippen molar-refractivity contribution in [2.45, 2.75) is 6.54 Å². The largest absolute Gasteiger partial charge is 0.507 e. The van der Waals surface area contributed by atoms with Gasteiger partial charge in [0.1, 0.15) is 17.2 Å². The summed E-state index contributed by atoms with van der Waals surface area (Å²) in [4.78, 5) is 2.08. The summed E-state index contributed by atoms with van der Waals surface area (Å²) in [6.07, 6.45) is 3.98. The molecule has 1 heterocycles. The van der Waals surface area contributed by atoms with E-state index in [-0.39, 0.29) is 5.75 Å². The summed E-state index contributed by atoms with van der Waals surface area (Å²) < 4.78 is 10.3. The molecule has 0 aromatic heterocycles. The summed E-state index contributed by atoms with van der Waals surface area (Å²) in [6, 6.07) is 11.4. The van der Waals surface area contributed by atoms with Gasteiger partial charge in [0.15, 0.2) is 0 Å². The predicted octanol–water partition coefficient (Wildman–Crippen LogP) is 3.40. The second kappa shape index (κ2) is 5.40. The Morgan fingerprint density at radius 1 is 1.00 bits per heavy atom. The first-order valence-corrected chi connectivity index (χ1v) is 6.70. The molecule has 0 atom stereocenters. The van der Waals surface area contributed by atoms with E-state index in [9.17, 15) is 5.11 Å². The van der Waals surface area contributed by atoms with Crippen molar-refractivity contribution in [3.8, 4) is 17.2 Å². The number of fused-ring (bicyclic) bond motifs is 1. The van der Waals surface area contributed by atoms with Gasteiger partial charge in [-0.3, -0.25) is 0 Å². The van der Waals surface area contributed by atoms with Gasteiger partial charge in [0.2, 0.25) is 0 Å². The summed E-state index contributed by atoms with van der Waals surface area (Å²) in [5.41, 5.74) is 2.93. The van der Waals surface area contributed by atoms with Crippen LogP contribution in [0.25, 0.3) is 6.08 Å². The summed E-state index contributed by atoms with van der Waals surface area (Å²) in [5.74, 6) is 1.74. The third-order valence-electron chi connectivity index (χ3n) is 3.64. The van der Waals surface area contributed by atoms with E-state index in [2.05, 4.69) is 4.90 Å². The van der Waals surface area contributed by atoms with E-state index >= 15 is 0 Å². The maximum Gasteiger partial charge on any atom is 0.124 e. The first-order chi connectivity index (χ1) is 10.2. The Bertz CT molecular complexity index is 677. The normalized spacial score (nSPS) is 13.0. The Morgan fingerprint density at radius 3 is 2.38 bits per heavy atom. The van der Waals surface area contributed by atoms with Gasteiger partial charge in [-0.1, -0.05) is 0 Å². The predicted molar refractivity (Wildman–Crippen MR) is 82.9 cm³/mol. The van der Waals surface area contributed by atoms with Crippen LogP contribution in [0, 0.1) is 0 Å². The van der Waals surface area contributed by atoms with Crippen molar-refractivity contribution >= 4 is 11.8 Å². The number of rotatable bonds is 3. The zero-order valence-corrected chi connectivity index (χ0v) is 12.0. The van der Waals surface area contributed by atoms with Gasteiger partial charge in [-0.2, -0.15) is 0 Å². The Labute approximate surface area is 123 Å². The zero-order valence-electron chi connectivity index (χ0n) is 12.0. The number of phenolic OH excluding ortho intramolecular Hbond substituents is 1. The lowest BCUT2D eigenvalue weighted by molar-refractivity contribution is 0.406. The van der Waals surface area contributed by atoms with Crippen LogP contribution in [-0.4, -0.2) is 19.3 Å². The number of aromatic hydroxyl groups is 1. The minimum atomic E-state index is 0.257. The summed E-state index contributed by atoms with van der Waals surface area (Å²) >= 11 is 0. The molecule has 0 aliphatic carbocycles. The quantitative estimate of drug-likeness (QED) is 0.937. The molecule has 2 aromatic rings. The average Bonchev–Trinajstić information content (AvgIpc) is 2.54. The minimum absolute atomic E-state index is 0.257. The number of ether oxygens (including phenoxy) is 2. The molecule has 3 rings (SSSR count). The van der Waals surface area contributed by atoms with Crippen molar-refractivity contribution < 1.29 is 14.6 Å². The molecule has 1 aliphatic rings. The van der Waals surface area contributed by atoms with E-state index in [1.165, 1.54) is 0 Å². The molecule has 0 unspecified atom stereocenters. The van der Waals surface area contributed by atoms with E-state index in [1.54, 1.807) is 20.3 Å². The molecule has 21 heavy (non-hydrogen) atoms. The van der Waals surface area contributed by atoms with Crippen molar-refractivity contribution in [1.82, 2.24) is 0 Å². The summed E-state index contributed by atoms with van der Waals surface area (Å²) in [7, 11) is 3.24. The van der Waals surface area contributed by atoms with Gasteiger partial charge in [-0.25, -0.2) is 0 Å². The van der Waals surface area contributed by atoms with Crippen LogP contribution in [0.5, 0.6) is 17.2 Å². The second-order valence-corrected chi connectivity index (χ2v) is 4.86. The lowest BCUT2D eigenvalue weighted by Crippen LogP contribution is -2.19. The highest BCUT2D eigenvalue weighted by Crippen LogP contribution is 2.34. The molecule has 4 heteroatoms. The Hall–Kier alpha value is -2.62. The molecular weight excluding hydrogens is 266 g/mol. The zero-order chi connectivity index (χ0) is 14.8. The van der Waals surface area contributed by atoms with Gasteiger partial charge in [0, 0.05) is 23.5 Å². The fraction of sp³-hybridized carbons (Fsp3) is 0.176. The third kappa shape index (κ3) is 2.52. The van der Waals surface area contributed by atoms with Crippen molar-refractivity contribution in [2.75, 3.05) is 19.1 Å². The smallest absolute Gasteiger partial charge is 0.124 e. The van der Waals surface area contributed by atoms with Gasteiger partial charge in [-0.05, 0) is 42.0 Å². The third-order valence-corrected chi connectivity index (χ3v) is 3.64. The molecule has 108 valence electrons. The van der Waals surface area contributed by atoms with Crippen LogP contribution in [0.1, 0.15) is 11.1 Å². The molecule has 2 aromatic carbocycles. The lowest BCUT2D eigenvalue weighted by atomic mass is 10.0. The Kier molecular flexibility index (Phi) is 3.44. The fourth-order valence-corrected chi connectivity index (χ4v) is 2.44. The lowest BCUT2D eigenvalue weighted by Gasteiger charge is -2.26. The van der Waals surface area contributed by atoms with Crippen LogP contribution in [-0.2, 0) is 6.54 Å². The highest BCUT2D eigenvalue weighted by molar-refractivity contribution is 5.68. The number of hydrogen-bond donors (Lipinski definition) is 1. The van der Waals surface area contributed by atoms with Crippen LogP contribution in [0.15, 0.2) is 42.6 Å². The van der Waals surface area contributed by atoms with Crippen molar-refractivity contribution in [3.63, 3.8) is 0 Å². The second-order valence-electron chi connectivity index (χ2n) is 4.86. The SMILES string of the molecule is COc1ccc(N2C=Cc3cc(OC)cc(O)c3C2)cc1. The molecule has 4 nitrogen and oxygen atoms in total. The molecule has 0 amide bonds. The number of nitrogens with zero attached hydrogens (tertiary/aromatic N) is 1. The van der Waals surface area contributed by atoms with Crippen LogP contribution in [0.4, 0.5) is 5.69 Å². The van der Waals surface area contributed by atoms with E-state index < -0.39 is 0 Å². The van der Waals surface area contributed by atoms with Gasteiger partial charge >= 0.3 is 0 Å².